The Balaban J connectivity index is -0.000000466. The number of hydrogen-bond donors (Lipinski definition) is 2. The highest BCUT2D eigenvalue weighted by atomic mass is 16.5. The number of benzene rings is 1. The zero-order valence-corrected chi connectivity index (χ0v) is 23.2. The van der Waals surface area contributed by atoms with Crippen LogP contribution in [-0.2, 0) is 33.4 Å². The number of aliphatic hydroxyl groups excluding tert-OH is 1. The van der Waals surface area contributed by atoms with Crippen molar-refractivity contribution in [3.63, 3.8) is 0 Å². The molecule has 216 valence electrons. The minimum absolute atomic E-state index is 0.0430. The van der Waals surface area contributed by atoms with E-state index in [0.29, 0.717) is 18.6 Å². The van der Waals surface area contributed by atoms with Gasteiger partial charge in [0.1, 0.15) is 0 Å². The highest BCUT2D eigenvalue weighted by Gasteiger charge is 2.06. The number of aliphatic hydroxyl groups is 1. The lowest BCUT2D eigenvalue weighted by Gasteiger charge is -2.03. The quantitative estimate of drug-likeness (QED) is 0.150. The van der Waals surface area contributed by atoms with Gasteiger partial charge in [-0.25, -0.2) is 19.2 Å². The zero-order valence-electron chi connectivity index (χ0n) is 23.2. The van der Waals surface area contributed by atoms with Gasteiger partial charge in [-0.2, -0.15) is 0 Å². The Bertz CT molecular complexity index is 916. The first-order valence-electron chi connectivity index (χ1n) is 12.1. The predicted molar refractivity (Wildman–Crippen MR) is 153 cm³/mol. The maximum absolute atomic E-state index is 11.1. The number of unbranched alkanes of at least 4 members (excludes halogenated alkanes) is 1. The number of carboxylic acids is 1. The Hall–Kier alpha value is -4.24. The molecule has 0 atom stereocenters. The standard InChI is InChI=1S/C10H14O5.C8H8.C7H12O2.C5H8O2/c1-8(4-2-5-9(12)13)10(14)15-7-3-6-11;1-2-8-6-4-3-5-7-8;1-3-5-6-9-7(8)4-2;1-4(2)5(6)7-3/h2,5,11H,1,3-4,6-7H2,(H,12,13);2-7H,1H2;4H,2-3,5-6H2,1H3;1H2,2-3H3. The molecule has 9 nitrogen and oxygen atoms in total. The van der Waals surface area contributed by atoms with Gasteiger partial charge in [-0.15, -0.1) is 0 Å². The highest BCUT2D eigenvalue weighted by molar-refractivity contribution is 5.88. The molecule has 0 spiro atoms. The van der Waals surface area contributed by atoms with E-state index in [1.165, 1.54) is 24.8 Å². The summed E-state index contributed by atoms with van der Waals surface area (Å²) in [7, 11) is 1.33. The summed E-state index contributed by atoms with van der Waals surface area (Å²) in [5.41, 5.74) is 1.79. The fourth-order valence-corrected chi connectivity index (χ4v) is 1.86. The largest absolute Gasteiger partial charge is 0.478 e. The first-order valence-corrected chi connectivity index (χ1v) is 12.1. The van der Waals surface area contributed by atoms with Gasteiger partial charge in [-0.1, -0.05) is 82.1 Å². The highest BCUT2D eigenvalue weighted by Crippen LogP contribution is 2.02. The van der Waals surface area contributed by atoms with E-state index in [1.807, 2.05) is 43.3 Å². The molecule has 0 bridgehead atoms. The molecule has 0 aromatic heterocycles. The van der Waals surface area contributed by atoms with E-state index in [9.17, 15) is 19.2 Å². The molecule has 2 N–H and O–H groups in total. The second-order valence-corrected chi connectivity index (χ2v) is 7.37. The third-order valence-corrected chi connectivity index (χ3v) is 3.93. The fraction of sp³-hybridized carbons (Fsp3) is 0.333. The number of esters is 3. The number of methoxy groups -OCH3 is 1. The van der Waals surface area contributed by atoms with Crippen LogP contribution >= 0.6 is 0 Å². The Morgan fingerprint density at radius 3 is 1.92 bits per heavy atom. The number of aliphatic carboxylic acids is 1. The van der Waals surface area contributed by atoms with Crippen molar-refractivity contribution in [2.45, 2.75) is 39.5 Å². The molecule has 0 saturated heterocycles. The van der Waals surface area contributed by atoms with Crippen LogP contribution in [0.15, 0.2) is 86.0 Å². The SMILES string of the molecule is C=C(C)C(=O)OC.C=C(CC=CC(=O)O)C(=O)OCCCO.C=CC(=O)OCCCC.C=Cc1ccccc1. The van der Waals surface area contributed by atoms with E-state index < -0.39 is 11.9 Å². The molecule has 39 heavy (non-hydrogen) atoms. The molecule has 0 fully saturated rings. The maximum atomic E-state index is 11.1. The van der Waals surface area contributed by atoms with Crippen LogP contribution in [0.5, 0.6) is 0 Å². The third-order valence-electron chi connectivity index (χ3n) is 3.93. The first kappa shape index (κ1) is 39.3. The van der Waals surface area contributed by atoms with Gasteiger partial charge in [0, 0.05) is 36.3 Å². The molecule has 0 aliphatic heterocycles. The number of carbonyl (C=O) groups is 4. The van der Waals surface area contributed by atoms with E-state index >= 15 is 0 Å². The molecule has 0 radical (unpaired) electrons. The van der Waals surface area contributed by atoms with Gasteiger partial charge in [-0.05, 0) is 25.3 Å². The van der Waals surface area contributed by atoms with Gasteiger partial charge >= 0.3 is 23.9 Å². The number of carbonyl (C=O) groups excluding carboxylic acids is 3. The Labute approximate surface area is 231 Å². The minimum atomic E-state index is -1.07. The van der Waals surface area contributed by atoms with Gasteiger partial charge in [0.15, 0.2) is 0 Å². The molecule has 0 heterocycles. The Morgan fingerprint density at radius 1 is 0.949 bits per heavy atom. The van der Waals surface area contributed by atoms with Gasteiger partial charge in [0.2, 0.25) is 0 Å². The number of rotatable bonds is 13. The van der Waals surface area contributed by atoms with Crippen LogP contribution in [-0.4, -0.2) is 61.0 Å². The summed E-state index contributed by atoms with van der Waals surface area (Å²) in [6.45, 7) is 18.0. The normalized spacial score (nSPS) is 9.03. The number of hydrogen-bond acceptors (Lipinski definition) is 8. The molecule has 0 amide bonds. The van der Waals surface area contributed by atoms with E-state index in [2.05, 4.69) is 35.8 Å². The second kappa shape index (κ2) is 28.3. The lowest BCUT2D eigenvalue weighted by Crippen LogP contribution is -2.08. The van der Waals surface area contributed by atoms with E-state index in [1.54, 1.807) is 6.92 Å². The van der Waals surface area contributed by atoms with Crippen LogP contribution in [0.2, 0.25) is 0 Å². The Morgan fingerprint density at radius 2 is 1.54 bits per heavy atom. The molecule has 0 saturated carbocycles. The summed E-state index contributed by atoms with van der Waals surface area (Å²) in [5.74, 6) is -2.32. The molecule has 9 heteroatoms. The van der Waals surface area contributed by atoms with Crippen LogP contribution in [0.1, 0.15) is 45.1 Å². The maximum Gasteiger partial charge on any atom is 0.333 e. The molecule has 0 aliphatic carbocycles. The molecule has 0 aliphatic rings. The second-order valence-electron chi connectivity index (χ2n) is 7.37. The van der Waals surface area contributed by atoms with Crippen molar-refractivity contribution >= 4 is 30.0 Å². The monoisotopic (exact) mass is 546 g/mol. The molecule has 0 unspecified atom stereocenters. The summed E-state index contributed by atoms with van der Waals surface area (Å²) in [5, 5.41) is 16.7. The van der Waals surface area contributed by atoms with E-state index in [0.717, 1.165) is 18.9 Å². The van der Waals surface area contributed by atoms with Gasteiger partial charge < -0.3 is 24.4 Å². The van der Waals surface area contributed by atoms with Crippen molar-refractivity contribution in [1.29, 1.82) is 0 Å². The summed E-state index contributed by atoms with van der Waals surface area (Å²) < 4.78 is 13.7. The van der Waals surface area contributed by atoms with Gasteiger partial charge in [0.25, 0.3) is 0 Å². The van der Waals surface area contributed by atoms with Crippen molar-refractivity contribution in [3.8, 4) is 0 Å². The van der Waals surface area contributed by atoms with Crippen molar-refractivity contribution < 1.29 is 43.6 Å². The fourth-order valence-electron chi connectivity index (χ4n) is 1.86. The van der Waals surface area contributed by atoms with Gasteiger partial charge in [-0.3, -0.25) is 0 Å². The average molecular weight is 547 g/mol. The molecular weight excluding hydrogens is 504 g/mol. The molecule has 1 aromatic carbocycles. The zero-order chi connectivity index (χ0) is 30.5. The van der Waals surface area contributed by atoms with Crippen LogP contribution in [0, 0.1) is 0 Å². The summed E-state index contributed by atoms with van der Waals surface area (Å²) >= 11 is 0. The predicted octanol–water partition coefficient (Wildman–Crippen LogP) is 5.08. The lowest BCUT2D eigenvalue weighted by atomic mass is 10.2. The number of allylic oxidation sites excluding steroid dienone is 1. The van der Waals surface area contributed by atoms with Crippen LogP contribution < -0.4 is 0 Å². The average Bonchev–Trinajstić information content (AvgIpc) is 2.93. The van der Waals surface area contributed by atoms with Crippen LogP contribution in [0.4, 0.5) is 0 Å². The van der Waals surface area contributed by atoms with Gasteiger partial charge in [0.05, 0.1) is 20.3 Å². The molecule has 1 aromatic rings. The van der Waals surface area contributed by atoms with Crippen molar-refractivity contribution in [3.05, 3.63) is 91.6 Å². The first-order chi connectivity index (χ1) is 18.5. The van der Waals surface area contributed by atoms with Crippen LogP contribution in [0.25, 0.3) is 6.08 Å². The third kappa shape index (κ3) is 29.9. The van der Waals surface area contributed by atoms with Crippen molar-refractivity contribution in [2.75, 3.05) is 26.9 Å². The number of carboxylic acid groups (broad SMARTS) is 1. The molecular formula is C30H42O9. The van der Waals surface area contributed by atoms with Crippen molar-refractivity contribution in [1.82, 2.24) is 0 Å². The Kier molecular flexibility index (Phi) is 28.5. The summed E-state index contributed by atoms with van der Waals surface area (Å²) in [4.78, 5) is 41.7. The lowest BCUT2D eigenvalue weighted by molar-refractivity contribution is -0.139. The van der Waals surface area contributed by atoms with Crippen molar-refractivity contribution in [2.24, 2.45) is 0 Å². The summed E-state index contributed by atoms with van der Waals surface area (Å²) in [6, 6.07) is 10.0. The van der Waals surface area contributed by atoms with E-state index in [-0.39, 0.29) is 37.1 Å². The minimum Gasteiger partial charge on any atom is -0.478 e. The number of ether oxygens (including phenoxy) is 3. The topological polar surface area (TPSA) is 136 Å². The molecule has 1 rings (SSSR count). The van der Waals surface area contributed by atoms with Crippen LogP contribution in [0.3, 0.4) is 0 Å². The van der Waals surface area contributed by atoms with E-state index in [4.69, 9.17) is 14.9 Å². The smallest absolute Gasteiger partial charge is 0.333 e. The summed E-state index contributed by atoms with van der Waals surface area (Å²) in [6.07, 6.45) is 7.76.